The van der Waals surface area contributed by atoms with Gasteiger partial charge in [0, 0.05) is 44.6 Å². The van der Waals surface area contributed by atoms with Gasteiger partial charge in [-0.2, -0.15) is 5.10 Å². The Morgan fingerprint density at radius 3 is 2.77 bits per heavy atom. The normalized spacial score (nSPS) is 25.3. The molecule has 39 heavy (non-hydrogen) atoms. The van der Waals surface area contributed by atoms with Gasteiger partial charge in [0.1, 0.15) is 11.9 Å². The molecule has 0 spiro atoms. The molecule has 1 fully saturated rings. The molecule has 1 aromatic heterocycles. The van der Waals surface area contributed by atoms with Gasteiger partial charge in [0.2, 0.25) is 5.91 Å². The Hall–Kier alpha value is -3.37. The van der Waals surface area contributed by atoms with E-state index in [4.69, 9.17) is 14.5 Å². The molecule has 2 bridgehead atoms. The van der Waals surface area contributed by atoms with Crippen molar-refractivity contribution in [1.29, 1.82) is 0 Å². The van der Waals surface area contributed by atoms with Crippen molar-refractivity contribution in [3.8, 4) is 5.75 Å². The maximum absolute atomic E-state index is 14.2. The number of rotatable bonds is 4. The molecular weight excluding hydrogens is 504 g/mol. The number of carbonyl (C=O) groups is 1. The van der Waals surface area contributed by atoms with E-state index in [9.17, 15) is 13.6 Å². The van der Waals surface area contributed by atoms with Crippen molar-refractivity contribution >= 4 is 11.6 Å². The Kier molecular flexibility index (Phi) is 5.93. The fourth-order valence-corrected chi connectivity index (χ4v) is 6.63. The topological polar surface area (TPSA) is 72.2 Å². The summed E-state index contributed by atoms with van der Waals surface area (Å²) in [5.41, 5.74) is 6.18. The van der Waals surface area contributed by atoms with E-state index in [-0.39, 0.29) is 23.3 Å². The highest BCUT2D eigenvalue weighted by molar-refractivity contribution is 6.12. The van der Waals surface area contributed by atoms with Gasteiger partial charge in [-0.1, -0.05) is 6.08 Å². The zero-order chi connectivity index (χ0) is 26.7. The molecule has 1 aliphatic carbocycles. The number of likely N-dealkylation sites (tertiary alicyclic amines) is 1. The van der Waals surface area contributed by atoms with E-state index >= 15 is 0 Å². The number of halogens is 2. The van der Waals surface area contributed by atoms with Crippen molar-refractivity contribution < 1.29 is 23.0 Å². The van der Waals surface area contributed by atoms with Crippen LogP contribution in [0.5, 0.6) is 5.75 Å². The maximum atomic E-state index is 14.2. The first-order valence-corrected chi connectivity index (χ1v) is 13.7. The number of piperidine rings is 1. The Morgan fingerprint density at radius 2 is 2.00 bits per heavy atom. The summed E-state index contributed by atoms with van der Waals surface area (Å²) >= 11 is 0. The zero-order valence-electron chi connectivity index (χ0n) is 22.0. The van der Waals surface area contributed by atoms with E-state index < -0.39 is 11.6 Å². The van der Waals surface area contributed by atoms with E-state index in [0.29, 0.717) is 32.8 Å². The lowest BCUT2D eigenvalue weighted by molar-refractivity contribution is -0.128. The van der Waals surface area contributed by atoms with Crippen LogP contribution in [0.3, 0.4) is 0 Å². The predicted octanol–water partition coefficient (Wildman–Crippen LogP) is 3.61. The van der Waals surface area contributed by atoms with Crippen LogP contribution in [-0.2, 0) is 22.7 Å². The zero-order valence-corrected chi connectivity index (χ0v) is 22.0. The van der Waals surface area contributed by atoms with E-state index in [1.54, 1.807) is 6.92 Å². The van der Waals surface area contributed by atoms with Gasteiger partial charge in [0.25, 0.3) is 0 Å². The van der Waals surface area contributed by atoms with Crippen LogP contribution in [0.2, 0.25) is 0 Å². The van der Waals surface area contributed by atoms with Crippen LogP contribution in [0.1, 0.15) is 43.9 Å². The summed E-state index contributed by atoms with van der Waals surface area (Å²) < 4.78 is 41.3. The number of amides is 1. The standard InChI is InChI=1S/C29H31F2N5O3/c1-18(37)34-7-6-22-19-13-29(14-19,28(33-25(22)16-34)23-15-32-36-10-11-38-17-26(23)36)35-8-4-21(5-9-35)39-27-3-2-20(30)12-24(27)31/h2-3,12-13,15,21H,4-11,14,16-17H2,1H3. The van der Waals surface area contributed by atoms with Crippen molar-refractivity contribution in [3.63, 3.8) is 0 Å². The van der Waals surface area contributed by atoms with Crippen LogP contribution in [0.15, 0.2) is 52.3 Å². The summed E-state index contributed by atoms with van der Waals surface area (Å²) in [6.07, 6.45) is 7.23. The number of benzene rings is 1. The maximum Gasteiger partial charge on any atom is 0.219 e. The van der Waals surface area contributed by atoms with Gasteiger partial charge in [0.05, 0.1) is 55.1 Å². The molecule has 0 N–H and O–H groups in total. The van der Waals surface area contributed by atoms with Gasteiger partial charge in [-0.3, -0.25) is 19.4 Å². The quantitative estimate of drug-likeness (QED) is 0.598. The molecule has 10 heteroatoms. The third kappa shape index (κ3) is 4.12. The van der Waals surface area contributed by atoms with Crippen LogP contribution < -0.4 is 4.74 Å². The second-order valence-corrected chi connectivity index (χ2v) is 11.0. The minimum absolute atomic E-state index is 0.0644. The average molecular weight is 536 g/mol. The smallest absolute Gasteiger partial charge is 0.219 e. The average Bonchev–Trinajstić information content (AvgIpc) is 3.21. The minimum atomic E-state index is -0.676. The lowest BCUT2D eigenvalue weighted by Gasteiger charge is -2.50. The SMILES string of the molecule is CC(=O)N1CCC2=C(C1)N=C(c1cnn3c1COCC3)C1(N3CCC(Oc4ccc(F)cc4F)CC3)C=C2C1. The first-order chi connectivity index (χ1) is 18.9. The van der Waals surface area contributed by atoms with Crippen molar-refractivity contribution in [2.45, 2.75) is 57.4 Å². The van der Waals surface area contributed by atoms with Gasteiger partial charge in [0.15, 0.2) is 11.6 Å². The predicted molar refractivity (Wildman–Crippen MR) is 139 cm³/mol. The van der Waals surface area contributed by atoms with Gasteiger partial charge < -0.3 is 14.4 Å². The lowest BCUT2D eigenvalue weighted by Crippen LogP contribution is -2.60. The fraction of sp³-hybridized carbons (Fsp3) is 0.483. The number of hydrogen-bond acceptors (Lipinski definition) is 6. The number of nitrogens with zero attached hydrogens (tertiary/aromatic N) is 5. The van der Waals surface area contributed by atoms with Crippen molar-refractivity contribution in [2.75, 3.05) is 32.8 Å². The third-order valence-electron chi connectivity index (χ3n) is 8.77. The second kappa shape index (κ2) is 9.38. The summed E-state index contributed by atoms with van der Waals surface area (Å²) in [5.74, 6) is -1.13. The Bertz CT molecular complexity index is 1440. The first-order valence-electron chi connectivity index (χ1n) is 13.7. The van der Waals surface area contributed by atoms with Crippen molar-refractivity contribution in [2.24, 2.45) is 4.99 Å². The number of hydrogen-bond donors (Lipinski definition) is 0. The number of fused-ring (bicyclic) bond motifs is 1. The van der Waals surface area contributed by atoms with Crippen LogP contribution in [-0.4, -0.2) is 75.6 Å². The second-order valence-electron chi connectivity index (χ2n) is 11.0. The molecule has 8 nitrogen and oxygen atoms in total. The van der Waals surface area contributed by atoms with Gasteiger partial charge in [-0.25, -0.2) is 8.78 Å². The summed E-state index contributed by atoms with van der Waals surface area (Å²) in [6.45, 7) is 6.19. The molecule has 1 saturated heterocycles. The number of aromatic nitrogens is 2. The summed E-state index contributed by atoms with van der Waals surface area (Å²) in [4.78, 5) is 21.9. The Balaban J connectivity index is 1.20. The summed E-state index contributed by atoms with van der Waals surface area (Å²) in [6, 6.07) is 3.44. The number of ether oxygens (including phenoxy) is 2. The molecule has 1 aromatic carbocycles. The molecule has 6 heterocycles. The highest BCUT2D eigenvalue weighted by Gasteiger charge is 2.51. The van der Waals surface area contributed by atoms with Crippen LogP contribution in [0.4, 0.5) is 8.78 Å². The Morgan fingerprint density at radius 1 is 1.18 bits per heavy atom. The molecule has 8 rings (SSSR count). The van der Waals surface area contributed by atoms with Crippen molar-refractivity contribution in [3.05, 3.63) is 70.2 Å². The van der Waals surface area contributed by atoms with Crippen LogP contribution in [0.25, 0.3) is 0 Å². The number of carbonyl (C=O) groups excluding carboxylic acids is 1. The minimum Gasteiger partial charge on any atom is -0.487 e. The summed E-state index contributed by atoms with van der Waals surface area (Å²) in [5, 5.41) is 4.66. The monoisotopic (exact) mass is 535 g/mol. The first kappa shape index (κ1) is 24.7. The fourth-order valence-electron chi connectivity index (χ4n) is 6.63. The van der Waals surface area contributed by atoms with Gasteiger partial charge in [-0.05, 0) is 42.5 Å². The van der Waals surface area contributed by atoms with E-state index in [0.717, 1.165) is 67.5 Å². The molecule has 2 aromatic rings. The van der Waals surface area contributed by atoms with E-state index in [1.165, 1.54) is 23.3 Å². The molecule has 1 unspecified atom stereocenters. The molecular formula is C29H31F2N5O3. The molecule has 0 saturated carbocycles. The van der Waals surface area contributed by atoms with E-state index in [1.807, 2.05) is 15.8 Å². The van der Waals surface area contributed by atoms with Crippen LogP contribution in [0, 0.1) is 11.6 Å². The highest BCUT2D eigenvalue weighted by Crippen LogP contribution is 2.49. The van der Waals surface area contributed by atoms with E-state index in [2.05, 4.69) is 16.1 Å². The summed E-state index contributed by atoms with van der Waals surface area (Å²) in [7, 11) is 0. The molecule has 204 valence electrons. The third-order valence-corrected chi connectivity index (χ3v) is 8.77. The Labute approximate surface area is 225 Å². The molecule has 0 radical (unpaired) electrons. The van der Waals surface area contributed by atoms with Gasteiger partial charge in [-0.15, -0.1) is 0 Å². The van der Waals surface area contributed by atoms with Crippen molar-refractivity contribution in [1.82, 2.24) is 19.6 Å². The lowest BCUT2D eigenvalue weighted by atomic mass is 9.69. The molecule has 6 aliphatic rings. The highest BCUT2D eigenvalue weighted by atomic mass is 19.1. The van der Waals surface area contributed by atoms with Gasteiger partial charge >= 0.3 is 0 Å². The molecule has 1 atom stereocenters. The number of aliphatic imine (C=N–C) groups is 1. The molecule has 5 aliphatic heterocycles. The van der Waals surface area contributed by atoms with Crippen LogP contribution >= 0.6 is 0 Å². The largest absolute Gasteiger partial charge is 0.487 e. The molecule has 1 amide bonds.